The molecule has 1 aromatic rings. The summed E-state index contributed by atoms with van der Waals surface area (Å²) in [5.74, 6) is 0.983. The lowest BCUT2D eigenvalue weighted by Crippen LogP contribution is -2.23. The molecule has 1 aliphatic rings. The molecular formula is C16H26BrNS. The van der Waals surface area contributed by atoms with Crippen LogP contribution in [-0.4, -0.2) is 6.54 Å². The predicted octanol–water partition coefficient (Wildman–Crippen LogP) is 5.91. The number of rotatable bonds is 7. The molecule has 19 heavy (non-hydrogen) atoms. The fourth-order valence-electron chi connectivity index (χ4n) is 3.10. The molecule has 1 unspecified atom stereocenters. The summed E-state index contributed by atoms with van der Waals surface area (Å²) >= 11 is 5.50. The molecule has 1 aliphatic carbocycles. The number of nitrogens with one attached hydrogen (secondary N) is 1. The highest BCUT2D eigenvalue weighted by Crippen LogP contribution is 2.34. The molecular weight excluding hydrogens is 318 g/mol. The van der Waals surface area contributed by atoms with E-state index in [1.807, 2.05) is 0 Å². The van der Waals surface area contributed by atoms with Gasteiger partial charge in [-0.3, -0.25) is 0 Å². The van der Waals surface area contributed by atoms with Crippen molar-refractivity contribution in [2.24, 2.45) is 5.92 Å². The molecule has 0 amide bonds. The first-order valence-corrected chi connectivity index (χ1v) is 9.49. The van der Waals surface area contributed by atoms with Crippen molar-refractivity contribution in [3.63, 3.8) is 0 Å². The maximum absolute atomic E-state index is 3.73. The fraction of sp³-hybridized carbons (Fsp3) is 0.750. The fourth-order valence-corrected chi connectivity index (χ4v) is 4.73. The van der Waals surface area contributed by atoms with Crippen molar-refractivity contribution in [1.82, 2.24) is 5.32 Å². The first-order chi connectivity index (χ1) is 9.31. The highest BCUT2D eigenvalue weighted by Gasteiger charge is 2.18. The van der Waals surface area contributed by atoms with Gasteiger partial charge in [0.05, 0.1) is 0 Å². The molecule has 1 saturated carbocycles. The minimum Gasteiger partial charge on any atom is -0.310 e. The summed E-state index contributed by atoms with van der Waals surface area (Å²) in [4.78, 5) is 0. The monoisotopic (exact) mass is 343 g/mol. The van der Waals surface area contributed by atoms with Crippen LogP contribution in [0.4, 0.5) is 0 Å². The van der Waals surface area contributed by atoms with Crippen molar-refractivity contribution < 1.29 is 0 Å². The van der Waals surface area contributed by atoms with E-state index < -0.39 is 0 Å². The van der Waals surface area contributed by atoms with Gasteiger partial charge in [-0.05, 0) is 58.6 Å². The van der Waals surface area contributed by atoms with Crippen LogP contribution in [0.1, 0.15) is 69.9 Å². The third-order valence-electron chi connectivity index (χ3n) is 4.25. The van der Waals surface area contributed by atoms with Crippen molar-refractivity contribution in [3.8, 4) is 0 Å². The highest BCUT2D eigenvalue weighted by molar-refractivity contribution is 9.10. The summed E-state index contributed by atoms with van der Waals surface area (Å²) in [7, 11) is 0. The van der Waals surface area contributed by atoms with Crippen LogP contribution < -0.4 is 5.32 Å². The summed E-state index contributed by atoms with van der Waals surface area (Å²) in [5.41, 5.74) is 1.47. The normalized spacial score (nSPS) is 18.6. The van der Waals surface area contributed by atoms with Gasteiger partial charge in [0.25, 0.3) is 0 Å². The van der Waals surface area contributed by atoms with Gasteiger partial charge in [0.2, 0.25) is 0 Å². The van der Waals surface area contributed by atoms with Crippen molar-refractivity contribution in [3.05, 3.63) is 20.8 Å². The van der Waals surface area contributed by atoms with E-state index >= 15 is 0 Å². The second kappa shape index (κ2) is 8.43. The van der Waals surface area contributed by atoms with Gasteiger partial charge in [-0.25, -0.2) is 0 Å². The van der Waals surface area contributed by atoms with E-state index in [9.17, 15) is 0 Å². The second-order valence-corrected chi connectivity index (χ2v) is 7.36. The number of hydrogen-bond acceptors (Lipinski definition) is 2. The molecule has 0 radical (unpaired) electrons. The lowest BCUT2D eigenvalue weighted by molar-refractivity contribution is 0.314. The highest BCUT2D eigenvalue weighted by atomic mass is 79.9. The molecule has 0 saturated heterocycles. The van der Waals surface area contributed by atoms with Crippen molar-refractivity contribution >= 4 is 27.3 Å². The standard InChI is InChI=1S/C16H26BrNS/c1-2-10-18-16(14-11-19-12-15(14)17)9-8-13-6-4-3-5-7-13/h11-13,16,18H,2-10H2,1H3. The Kier molecular flexibility index (Phi) is 6.89. The van der Waals surface area contributed by atoms with Gasteiger partial charge in [-0.2, -0.15) is 11.3 Å². The topological polar surface area (TPSA) is 12.0 Å². The Morgan fingerprint density at radius 2 is 2.11 bits per heavy atom. The maximum atomic E-state index is 3.73. The van der Waals surface area contributed by atoms with Crippen LogP contribution in [0.5, 0.6) is 0 Å². The van der Waals surface area contributed by atoms with Crippen LogP contribution in [0.3, 0.4) is 0 Å². The van der Waals surface area contributed by atoms with Crippen LogP contribution in [0.15, 0.2) is 15.2 Å². The quantitative estimate of drug-likeness (QED) is 0.648. The zero-order valence-corrected chi connectivity index (χ0v) is 14.4. The van der Waals surface area contributed by atoms with Crippen LogP contribution in [-0.2, 0) is 0 Å². The number of thiophene rings is 1. The van der Waals surface area contributed by atoms with Crippen molar-refractivity contribution in [1.29, 1.82) is 0 Å². The average Bonchev–Trinajstić information content (AvgIpc) is 2.86. The molecule has 3 heteroatoms. The lowest BCUT2D eigenvalue weighted by Gasteiger charge is -2.25. The van der Waals surface area contributed by atoms with Crippen LogP contribution in [0.2, 0.25) is 0 Å². The van der Waals surface area contributed by atoms with Gasteiger partial charge in [0, 0.05) is 15.9 Å². The smallest absolute Gasteiger partial charge is 0.0339 e. The largest absolute Gasteiger partial charge is 0.310 e. The number of halogens is 1. The molecule has 1 N–H and O–H groups in total. The Morgan fingerprint density at radius 3 is 2.74 bits per heavy atom. The molecule has 1 nitrogen and oxygen atoms in total. The van der Waals surface area contributed by atoms with Crippen LogP contribution in [0, 0.1) is 5.92 Å². The molecule has 1 atom stereocenters. The minimum absolute atomic E-state index is 0.544. The van der Waals surface area contributed by atoms with E-state index in [2.05, 4.69) is 38.9 Å². The molecule has 0 aliphatic heterocycles. The molecule has 1 aromatic heterocycles. The zero-order valence-electron chi connectivity index (χ0n) is 12.0. The Labute approximate surface area is 130 Å². The van der Waals surface area contributed by atoms with Gasteiger partial charge < -0.3 is 5.32 Å². The van der Waals surface area contributed by atoms with Gasteiger partial charge >= 0.3 is 0 Å². The van der Waals surface area contributed by atoms with Gasteiger partial charge in [0.15, 0.2) is 0 Å². The molecule has 1 fully saturated rings. The van der Waals surface area contributed by atoms with Gasteiger partial charge in [-0.15, -0.1) is 0 Å². The molecule has 0 bridgehead atoms. The van der Waals surface area contributed by atoms with Crippen molar-refractivity contribution in [2.75, 3.05) is 6.54 Å². The summed E-state index contributed by atoms with van der Waals surface area (Å²) in [6, 6.07) is 0.544. The Balaban J connectivity index is 1.88. The predicted molar refractivity (Wildman–Crippen MR) is 88.9 cm³/mol. The summed E-state index contributed by atoms with van der Waals surface area (Å²) in [6.07, 6.45) is 11.2. The molecule has 1 heterocycles. The van der Waals surface area contributed by atoms with Gasteiger partial charge in [-0.1, -0.05) is 39.0 Å². The maximum Gasteiger partial charge on any atom is 0.0339 e. The second-order valence-electron chi connectivity index (χ2n) is 5.76. The van der Waals surface area contributed by atoms with E-state index in [1.54, 1.807) is 11.3 Å². The zero-order chi connectivity index (χ0) is 13.5. The van der Waals surface area contributed by atoms with E-state index in [0.29, 0.717) is 6.04 Å². The summed E-state index contributed by atoms with van der Waals surface area (Å²) < 4.78 is 1.29. The molecule has 0 aromatic carbocycles. The van der Waals surface area contributed by atoms with Crippen LogP contribution in [0.25, 0.3) is 0 Å². The molecule has 0 spiro atoms. The van der Waals surface area contributed by atoms with Crippen LogP contribution >= 0.6 is 27.3 Å². The first-order valence-electron chi connectivity index (χ1n) is 7.76. The van der Waals surface area contributed by atoms with Crippen molar-refractivity contribution in [2.45, 2.75) is 64.3 Å². The average molecular weight is 344 g/mol. The summed E-state index contributed by atoms with van der Waals surface area (Å²) in [5, 5.41) is 8.24. The number of hydrogen-bond donors (Lipinski definition) is 1. The Bertz CT molecular complexity index is 357. The van der Waals surface area contributed by atoms with E-state index in [1.165, 1.54) is 61.4 Å². The third-order valence-corrected chi connectivity index (χ3v) is 6.00. The van der Waals surface area contributed by atoms with E-state index in [0.717, 1.165) is 12.5 Å². The first kappa shape index (κ1) is 15.5. The Morgan fingerprint density at radius 1 is 1.32 bits per heavy atom. The SMILES string of the molecule is CCCNC(CCC1CCCCC1)c1cscc1Br. The van der Waals surface area contributed by atoms with Gasteiger partial charge in [0.1, 0.15) is 0 Å². The molecule has 108 valence electrons. The Hall–Kier alpha value is 0.140. The van der Waals surface area contributed by atoms with E-state index in [-0.39, 0.29) is 0 Å². The summed E-state index contributed by atoms with van der Waals surface area (Å²) in [6.45, 7) is 3.37. The third kappa shape index (κ3) is 4.87. The van der Waals surface area contributed by atoms with E-state index in [4.69, 9.17) is 0 Å². The lowest BCUT2D eigenvalue weighted by atomic mass is 9.84. The molecule has 2 rings (SSSR count). The minimum atomic E-state index is 0.544.